The second kappa shape index (κ2) is 8.02. The van der Waals surface area contributed by atoms with Crippen molar-refractivity contribution in [2.45, 2.75) is 36.5 Å². The molecule has 1 aliphatic rings. The molecule has 0 amide bonds. The quantitative estimate of drug-likeness (QED) is 0.604. The first-order valence-electron chi connectivity index (χ1n) is 9.38. The fourth-order valence-electron chi connectivity index (χ4n) is 3.39. The number of hydrogen-bond acceptors (Lipinski definition) is 4. The van der Waals surface area contributed by atoms with Crippen LogP contribution in [0.3, 0.4) is 0 Å². The number of allylic oxidation sites excluding steroid dienone is 2. The summed E-state index contributed by atoms with van der Waals surface area (Å²) in [6.45, 7) is 0. The molecule has 6 heteroatoms. The lowest BCUT2D eigenvalue weighted by atomic mass is 9.92. The number of benzene rings is 2. The molecule has 1 aromatic heterocycles. The number of anilines is 1. The monoisotopic (exact) mass is 394 g/mol. The number of oxazole rings is 1. The second-order valence-electron chi connectivity index (χ2n) is 6.88. The fraction of sp³-hybridized carbons (Fsp3) is 0.227. The van der Waals surface area contributed by atoms with Crippen LogP contribution in [0.25, 0.3) is 0 Å². The van der Waals surface area contributed by atoms with E-state index in [4.69, 9.17) is 4.42 Å². The van der Waals surface area contributed by atoms with E-state index in [0.717, 1.165) is 24.8 Å². The minimum Gasteiger partial charge on any atom is -0.443 e. The van der Waals surface area contributed by atoms with Gasteiger partial charge in [-0.15, -0.1) is 0 Å². The summed E-state index contributed by atoms with van der Waals surface area (Å²) in [5.74, 6) is 1.56. The topological polar surface area (TPSA) is 72.2 Å². The third-order valence-electron chi connectivity index (χ3n) is 4.82. The molecule has 5 nitrogen and oxygen atoms in total. The first-order valence-corrected chi connectivity index (χ1v) is 10.9. The van der Waals surface area contributed by atoms with Crippen LogP contribution >= 0.6 is 0 Å². The molecule has 0 saturated heterocycles. The van der Waals surface area contributed by atoms with Crippen molar-refractivity contribution in [3.05, 3.63) is 90.0 Å². The molecule has 0 bridgehead atoms. The molecule has 1 aliphatic carbocycles. The van der Waals surface area contributed by atoms with Crippen LogP contribution in [-0.2, 0) is 16.4 Å². The Bertz CT molecular complexity index is 1060. The summed E-state index contributed by atoms with van der Waals surface area (Å²) >= 11 is 0. The minimum absolute atomic E-state index is 0.121. The van der Waals surface area contributed by atoms with Crippen molar-refractivity contribution in [3.63, 3.8) is 0 Å². The minimum atomic E-state index is -3.72. The van der Waals surface area contributed by atoms with Crippen LogP contribution in [0.5, 0.6) is 0 Å². The molecule has 1 atom stereocenters. The Hall–Kier alpha value is -2.86. The Kier molecular flexibility index (Phi) is 5.30. The molecule has 1 unspecified atom stereocenters. The first-order chi connectivity index (χ1) is 13.6. The largest absolute Gasteiger partial charge is 0.443 e. The smallest absolute Gasteiger partial charge is 0.263 e. The Labute approximate surface area is 165 Å². The maximum absolute atomic E-state index is 12.8. The summed E-state index contributed by atoms with van der Waals surface area (Å²) in [6, 6.07) is 18.2. The maximum Gasteiger partial charge on any atom is 0.263 e. The van der Waals surface area contributed by atoms with Crippen LogP contribution < -0.4 is 4.72 Å². The van der Waals surface area contributed by atoms with Crippen molar-refractivity contribution >= 4 is 15.8 Å². The highest BCUT2D eigenvalue weighted by Crippen LogP contribution is 2.35. The predicted octanol–water partition coefficient (Wildman–Crippen LogP) is 4.89. The molecule has 2 aromatic carbocycles. The van der Waals surface area contributed by atoms with E-state index in [1.165, 1.54) is 0 Å². The van der Waals surface area contributed by atoms with Gasteiger partial charge in [0.1, 0.15) is 0 Å². The van der Waals surface area contributed by atoms with Gasteiger partial charge in [-0.25, -0.2) is 8.42 Å². The van der Waals surface area contributed by atoms with Gasteiger partial charge in [0.15, 0.2) is 11.6 Å². The highest BCUT2D eigenvalue weighted by molar-refractivity contribution is 7.92. The summed E-state index contributed by atoms with van der Waals surface area (Å²) in [5.41, 5.74) is 1.07. The van der Waals surface area contributed by atoms with E-state index in [9.17, 15) is 8.42 Å². The van der Waals surface area contributed by atoms with E-state index in [2.05, 4.69) is 21.9 Å². The van der Waals surface area contributed by atoms with Gasteiger partial charge in [-0.1, -0.05) is 60.7 Å². The summed E-state index contributed by atoms with van der Waals surface area (Å²) in [4.78, 5) is 4.72. The summed E-state index contributed by atoms with van der Waals surface area (Å²) in [5, 5.41) is 0. The van der Waals surface area contributed by atoms with Crippen molar-refractivity contribution < 1.29 is 12.8 Å². The maximum atomic E-state index is 12.8. The van der Waals surface area contributed by atoms with Crippen LogP contribution in [0, 0.1) is 0 Å². The van der Waals surface area contributed by atoms with Gasteiger partial charge in [-0.2, -0.15) is 4.98 Å². The van der Waals surface area contributed by atoms with E-state index in [0.29, 0.717) is 23.9 Å². The number of nitrogens with zero attached hydrogens (tertiary/aromatic N) is 1. The van der Waals surface area contributed by atoms with Gasteiger partial charge in [-0.3, -0.25) is 4.72 Å². The molecule has 0 fully saturated rings. The Morgan fingerprint density at radius 3 is 2.39 bits per heavy atom. The molecule has 0 aliphatic heterocycles. The molecule has 1 N–H and O–H groups in total. The molecule has 4 rings (SSSR count). The third-order valence-corrected chi connectivity index (χ3v) is 6.18. The van der Waals surface area contributed by atoms with E-state index in [1.807, 2.05) is 30.3 Å². The van der Waals surface area contributed by atoms with Gasteiger partial charge in [-0.05, 0) is 37.0 Å². The third kappa shape index (κ3) is 4.17. The lowest BCUT2D eigenvalue weighted by Gasteiger charge is -2.16. The predicted molar refractivity (Wildman–Crippen MR) is 109 cm³/mol. The first kappa shape index (κ1) is 18.5. The standard InChI is InChI=1S/C22H22N2O3S/c25-28(26,19-14-8-3-9-15-19)24-22-21(18-12-6-2-7-13-18)27-20(23-22)16-17-10-4-1-5-11-17/h1-6,8-11,14-15,18,24H,7,12-13,16H2. The van der Waals surface area contributed by atoms with Crippen LogP contribution in [-0.4, -0.2) is 13.4 Å². The highest BCUT2D eigenvalue weighted by atomic mass is 32.2. The van der Waals surface area contributed by atoms with Gasteiger partial charge in [0.05, 0.1) is 4.90 Å². The zero-order chi connectivity index (χ0) is 19.4. The van der Waals surface area contributed by atoms with E-state index in [1.54, 1.807) is 30.3 Å². The van der Waals surface area contributed by atoms with Crippen LogP contribution in [0.15, 0.2) is 82.1 Å². The molecule has 1 heterocycles. The van der Waals surface area contributed by atoms with E-state index >= 15 is 0 Å². The normalized spacial score (nSPS) is 16.8. The summed E-state index contributed by atoms with van der Waals surface area (Å²) in [6.07, 6.45) is 7.46. The Morgan fingerprint density at radius 1 is 1.00 bits per heavy atom. The van der Waals surface area contributed by atoms with Crippen molar-refractivity contribution in [2.75, 3.05) is 4.72 Å². The molecular weight excluding hydrogens is 372 g/mol. The average Bonchev–Trinajstić information content (AvgIpc) is 3.11. The lowest BCUT2D eigenvalue weighted by Crippen LogP contribution is -2.15. The summed E-state index contributed by atoms with van der Waals surface area (Å²) < 4.78 is 34.3. The Balaban J connectivity index is 1.67. The zero-order valence-corrected chi connectivity index (χ0v) is 16.2. The number of aromatic nitrogens is 1. The van der Waals surface area contributed by atoms with E-state index in [-0.39, 0.29) is 10.8 Å². The van der Waals surface area contributed by atoms with Crippen molar-refractivity contribution in [2.24, 2.45) is 0 Å². The molecule has 144 valence electrons. The molecular formula is C22H22N2O3S. The Morgan fingerprint density at radius 2 is 1.71 bits per heavy atom. The van der Waals surface area contributed by atoms with E-state index < -0.39 is 10.0 Å². The van der Waals surface area contributed by atoms with Crippen molar-refractivity contribution in [1.29, 1.82) is 0 Å². The number of nitrogens with one attached hydrogen (secondary N) is 1. The molecule has 3 aromatic rings. The zero-order valence-electron chi connectivity index (χ0n) is 15.4. The molecule has 0 saturated carbocycles. The highest BCUT2D eigenvalue weighted by Gasteiger charge is 2.26. The van der Waals surface area contributed by atoms with Crippen LogP contribution in [0.2, 0.25) is 0 Å². The molecule has 0 spiro atoms. The number of rotatable bonds is 6. The fourth-order valence-corrected chi connectivity index (χ4v) is 4.43. The SMILES string of the molecule is O=S(=O)(Nc1nc(Cc2ccccc2)oc1C1CC=CCC1)c1ccccc1. The molecule has 28 heavy (non-hydrogen) atoms. The van der Waals surface area contributed by atoms with Crippen LogP contribution in [0.4, 0.5) is 5.82 Å². The average molecular weight is 394 g/mol. The van der Waals surface area contributed by atoms with Gasteiger partial charge < -0.3 is 4.42 Å². The number of sulfonamides is 1. The van der Waals surface area contributed by atoms with Crippen LogP contribution in [0.1, 0.15) is 42.4 Å². The van der Waals surface area contributed by atoms with Gasteiger partial charge in [0, 0.05) is 12.3 Å². The molecule has 0 radical (unpaired) electrons. The van der Waals surface area contributed by atoms with Crippen molar-refractivity contribution in [3.8, 4) is 0 Å². The van der Waals surface area contributed by atoms with Gasteiger partial charge in [0.25, 0.3) is 10.0 Å². The lowest BCUT2D eigenvalue weighted by molar-refractivity contribution is 0.416. The summed E-state index contributed by atoms with van der Waals surface area (Å²) in [7, 11) is -3.72. The second-order valence-corrected chi connectivity index (χ2v) is 8.57. The van der Waals surface area contributed by atoms with Crippen molar-refractivity contribution in [1.82, 2.24) is 4.98 Å². The van der Waals surface area contributed by atoms with Gasteiger partial charge in [0.2, 0.25) is 5.89 Å². The number of hydrogen-bond donors (Lipinski definition) is 1. The van der Waals surface area contributed by atoms with Gasteiger partial charge >= 0.3 is 0 Å².